The number of halogens is 4. The van der Waals surface area contributed by atoms with E-state index >= 15 is 0 Å². The molecule has 0 aliphatic carbocycles. The normalized spacial score (nSPS) is 11.9. The molecule has 0 saturated carbocycles. The van der Waals surface area contributed by atoms with E-state index in [1.807, 2.05) is 6.07 Å². The molecule has 4 nitrogen and oxygen atoms in total. The van der Waals surface area contributed by atoms with Crippen molar-refractivity contribution < 1.29 is 13.2 Å². The highest BCUT2D eigenvalue weighted by atomic mass is 35.5. The molecule has 0 saturated heterocycles. The molecular weight excluding hydrogens is 391 g/mol. The van der Waals surface area contributed by atoms with Crippen LogP contribution in [0.5, 0.6) is 0 Å². The van der Waals surface area contributed by atoms with Crippen LogP contribution in [0.25, 0.3) is 22.3 Å². The number of benzene rings is 2. The summed E-state index contributed by atoms with van der Waals surface area (Å²) in [6, 6.07) is 13.7. The molecule has 0 fully saturated rings. The highest BCUT2D eigenvalue weighted by Crippen LogP contribution is 2.32. The molecule has 0 aliphatic rings. The monoisotopic (exact) mass is 403 g/mol. The first-order chi connectivity index (χ1) is 13.3. The molecular formula is C20H13ClF3N3O. The van der Waals surface area contributed by atoms with Crippen molar-refractivity contribution in [3.05, 3.63) is 87.4 Å². The SMILES string of the molecule is O=c1[nH]c2ncc(-c3cccc(C(F)(F)F)c3)cc2n1Cc1cccc(Cl)c1. The number of alkyl halides is 3. The molecule has 2 aromatic carbocycles. The van der Waals surface area contributed by atoms with E-state index in [4.69, 9.17) is 11.6 Å². The fourth-order valence-corrected chi connectivity index (χ4v) is 3.25. The maximum atomic E-state index is 13.0. The Balaban J connectivity index is 1.80. The molecule has 4 aromatic rings. The van der Waals surface area contributed by atoms with E-state index in [1.165, 1.54) is 16.8 Å². The fourth-order valence-electron chi connectivity index (χ4n) is 3.04. The van der Waals surface area contributed by atoms with Gasteiger partial charge in [0.1, 0.15) is 0 Å². The van der Waals surface area contributed by atoms with Crippen molar-refractivity contribution in [1.29, 1.82) is 0 Å². The zero-order chi connectivity index (χ0) is 19.9. The van der Waals surface area contributed by atoms with Crippen LogP contribution in [-0.2, 0) is 12.7 Å². The number of aromatic nitrogens is 3. The van der Waals surface area contributed by atoms with Crippen LogP contribution in [0.15, 0.2) is 65.6 Å². The largest absolute Gasteiger partial charge is 0.416 e. The summed E-state index contributed by atoms with van der Waals surface area (Å²) in [7, 11) is 0. The number of pyridine rings is 1. The highest BCUT2D eigenvalue weighted by molar-refractivity contribution is 6.30. The number of hydrogen-bond acceptors (Lipinski definition) is 2. The van der Waals surface area contributed by atoms with Gasteiger partial charge in [-0.1, -0.05) is 35.9 Å². The molecule has 0 amide bonds. The molecule has 28 heavy (non-hydrogen) atoms. The van der Waals surface area contributed by atoms with Gasteiger partial charge in [-0.25, -0.2) is 9.78 Å². The highest BCUT2D eigenvalue weighted by Gasteiger charge is 2.30. The summed E-state index contributed by atoms with van der Waals surface area (Å²) in [6.07, 6.45) is -2.99. The number of fused-ring (bicyclic) bond motifs is 1. The number of hydrogen-bond donors (Lipinski definition) is 1. The van der Waals surface area contributed by atoms with Crippen molar-refractivity contribution in [2.75, 3.05) is 0 Å². The second kappa shape index (κ2) is 6.83. The van der Waals surface area contributed by atoms with Crippen molar-refractivity contribution in [3.8, 4) is 11.1 Å². The zero-order valence-corrected chi connectivity index (χ0v) is 15.1. The third kappa shape index (κ3) is 3.53. The summed E-state index contributed by atoms with van der Waals surface area (Å²) in [5.74, 6) is 0. The average Bonchev–Trinajstić information content (AvgIpc) is 2.96. The molecule has 8 heteroatoms. The van der Waals surface area contributed by atoms with Gasteiger partial charge < -0.3 is 0 Å². The molecule has 4 rings (SSSR count). The van der Waals surface area contributed by atoms with Crippen molar-refractivity contribution in [3.63, 3.8) is 0 Å². The Morgan fingerprint density at radius 2 is 1.82 bits per heavy atom. The molecule has 0 atom stereocenters. The Morgan fingerprint density at radius 3 is 2.57 bits per heavy atom. The van der Waals surface area contributed by atoms with E-state index < -0.39 is 11.7 Å². The zero-order valence-electron chi connectivity index (χ0n) is 14.3. The van der Waals surface area contributed by atoms with E-state index in [0.29, 0.717) is 27.3 Å². The van der Waals surface area contributed by atoms with Crippen LogP contribution in [0.2, 0.25) is 5.02 Å². The Labute approximate surface area is 162 Å². The Hall–Kier alpha value is -3.06. The van der Waals surface area contributed by atoms with E-state index in [1.54, 1.807) is 30.3 Å². The topological polar surface area (TPSA) is 50.7 Å². The Kier molecular flexibility index (Phi) is 4.47. The number of H-pyrrole nitrogens is 1. The maximum absolute atomic E-state index is 13.0. The minimum absolute atomic E-state index is 0.257. The standard InChI is InChI=1S/C20H13ClF3N3O/c21-16-6-1-3-12(7-16)11-27-17-9-14(10-25-18(17)26-19(27)28)13-4-2-5-15(8-13)20(22,23)24/h1-10H,11H2,(H,25,26,28). The maximum Gasteiger partial charge on any atom is 0.416 e. The van der Waals surface area contributed by atoms with E-state index in [9.17, 15) is 18.0 Å². The number of nitrogens with one attached hydrogen (secondary N) is 1. The van der Waals surface area contributed by atoms with Crippen LogP contribution < -0.4 is 5.69 Å². The van der Waals surface area contributed by atoms with Crippen molar-refractivity contribution in [2.45, 2.75) is 12.7 Å². The van der Waals surface area contributed by atoms with E-state index in [-0.39, 0.29) is 12.2 Å². The van der Waals surface area contributed by atoms with Gasteiger partial charge in [0.05, 0.1) is 17.6 Å². The summed E-state index contributed by atoms with van der Waals surface area (Å²) in [6.45, 7) is 0.257. The van der Waals surface area contributed by atoms with Crippen LogP contribution in [0.4, 0.5) is 13.2 Å². The molecule has 1 N–H and O–H groups in total. The van der Waals surface area contributed by atoms with Crippen LogP contribution in [0.1, 0.15) is 11.1 Å². The quantitative estimate of drug-likeness (QED) is 0.516. The van der Waals surface area contributed by atoms with Gasteiger partial charge >= 0.3 is 11.9 Å². The lowest BCUT2D eigenvalue weighted by atomic mass is 10.0. The first kappa shape index (κ1) is 18.3. The summed E-state index contributed by atoms with van der Waals surface area (Å²) in [5, 5.41) is 0.549. The van der Waals surface area contributed by atoms with Crippen molar-refractivity contribution in [1.82, 2.24) is 14.5 Å². The van der Waals surface area contributed by atoms with Crippen LogP contribution >= 0.6 is 11.6 Å². The van der Waals surface area contributed by atoms with Crippen molar-refractivity contribution >= 4 is 22.8 Å². The lowest BCUT2D eigenvalue weighted by molar-refractivity contribution is -0.137. The Bertz CT molecular complexity index is 1230. The fraction of sp³-hybridized carbons (Fsp3) is 0.100. The lowest BCUT2D eigenvalue weighted by Crippen LogP contribution is -2.17. The van der Waals surface area contributed by atoms with E-state index in [2.05, 4.69) is 9.97 Å². The molecule has 0 unspecified atom stereocenters. The summed E-state index contributed by atoms with van der Waals surface area (Å²) in [4.78, 5) is 19.2. The summed E-state index contributed by atoms with van der Waals surface area (Å²) < 4.78 is 40.5. The first-order valence-corrected chi connectivity index (χ1v) is 8.70. The van der Waals surface area contributed by atoms with Gasteiger partial charge in [-0.15, -0.1) is 0 Å². The average molecular weight is 404 g/mol. The van der Waals surface area contributed by atoms with Crippen LogP contribution in [-0.4, -0.2) is 14.5 Å². The van der Waals surface area contributed by atoms with Gasteiger partial charge in [0.25, 0.3) is 0 Å². The van der Waals surface area contributed by atoms with Crippen molar-refractivity contribution in [2.24, 2.45) is 0 Å². The van der Waals surface area contributed by atoms with Gasteiger partial charge in [0.15, 0.2) is 5.65 Å². The Morgan fingerprint density at radius 1 is 1.04 bits per heavy atom. The molecule has 2 aromatic heterocycles. The number of nitrogens with zero attached hydrogens (tertiary/aromatic N) is 2. The van der Waals surface area contributed by atoms with Gasteiger partial charge in [-0.3, -0.25) is 9.55 Å². The molecule has 0 radical (unpaired) electrons. The molecule has 0 bridgehead atoms. The third-order valence-corrected chi connectivity index (χ3v) is 4.62. The molecule has 142 valence electrons. The number of rotatable bonds is 3. The second-order valence-corrected chi connectivity index (χ2v) is 6.75. The third-order valence-electron chi connectivity index (χ3n) is 4.38. The lowest BCUT2D eigenvalue weighted by Gasteiger charge is -2.09. The van der Waals surface area contributed by atoms with Gasteiger partial charge in [-0.05, 0) is 41.5 Å². The van der Waals surface area contributed by atoms with Crippen LogP contribution in [0.3, 0.4) is 0 Å². The predicted octanol–water partition coefficient (Wildman–Crippen LogP) is 5.11. The number of imidazole rings is 1. The molecule has 0 spiro atoms. The van der Waals surface area contributed by atoms with Gasteiger partial charge in [0, 0.05) is 16.8 Å². The van der Waals surface area contributed by atoms with E-state index in [0.717, 1.165) is 17.7 Å². The summed E-state index contributed by atoms with van der Waals surface area (Å²) >= 11 is 6.00. The molecule has 2 heterocycles. The predicted molar refractivity (Wildman–Crippen MR) is 101 cm³/mol. The first-order valence-electron chi connectivity index (χ1n) is 8.32. The minimum atomic E-state index is -4.43. The van der Waals surface area contributed by atoms with Gasteiger partial charge in [-0.2, -0.15) is 13.2 Å². The summed E-state index contributed by atoms with van der Waals surface area (Å²) in [5.41, 5.74) is 1.44. The number of aromatic amines is 1. The smallest absolute Gasteiger partial charge is 0.290 e. The molecule has 0 aliphatic heterocycles. The van der Waals surface area contributed by atoms with Crippen LogP contribution in [0, 0.1) is 0 Å². The van der Waals surface area contributed by atoms with Gasteiger partial charge in [0.2, 0.25) is 0 Å². The minimum Gasteiger partial charge on any atom is -0.290 e. The second-order valence-electron chi connectivity index (χ2n) is 6.32.